The predicted octanol–water partition coefficient (Wildman–Crippen LogP) is 4.63. The van der Waals surface area contributed by atoms with Crippen LogP contribution in [0.5, 0.6) is 0 Å². The van der Waals surface area contributed by atoms with Crippen molar-refractivity contribution < 1.29 is 4.79 Å². The van der Waals surface area contributed by atoms with E-state index in [1.54, 1.807) is 23.5 Å². The largest absolute Gasteiger partial charge is 0.350 e. The summed E-state index contributed by atoms with van der Waals surface area (Å²) in [4.78, 5) is 13.4. The van der Waals surface area contributed by atoms with Crippen LogP contribution in [0.25, 0.3) is 6.08 Å². The maximum atomic E-state index is 12.3. The highest BCUT2D eigenvalue weighted by molar-refractivity contribution is 7.10. The van der Waals surface area contributed by atoms with Crippen LogP contribution in [0.1, 0.15) is 27.9 Å². The molecule has 2 heterocycles. The number of carbonyl (C=O) groups is 1. The Morgan fingerprint density at radius 3 is 2.77 bits per heavy atom. The fraction of sp³-hybridized carbons (Fsp3) is 0.200. The van der Waals surface area contributed by atoms with Crippen LogP contribution in [-0.2, 0) is 4.79 Å². The van der Waals surface area contributed by atoms with Crippen molar-refractivity contribution in [2.45, 2.75) is 19.9 Å². The Hall–Kier alpha value is -2.37. The van der Waals surface area contributed by atoms with E-state index in [4.69, 9.17) is 11.6 Å². The fourth-order valence-corrected chi connectivity index (χ4v) is 3.79. The Labute approximate surface area is 162 Å². The third-order valence-corrected chi connectivity index (χ3v) is 5.32. The van der Waals surface area contributed by atoms with Crippen molar-refractivity contribution >= 4 is 34.9 Å². The zero-order valence-electron chi connectivity index (χ0n) is 14.6. The molecule has 4 nitrogen and oxygen atoms in total. The summed E-state index contributed by atoms with van der Waals surface area (Å²) in [5, 5.41) is 10.2. The number of hydrogen-bond donors (Lipinski definition) is 1. The summed E-state index contributed by atoms with van der Waals surface area (Å²) in [6.45, 7) is 4.47. The van der Waals surface area contributed by atoms with Crippen molar-refractivity contribution in [3.05, 3.63) is 80.8 Å². The SMILES string of the molecule is Cc1cc(C)n(C(CNC(=O)/C=C/c2ccccc2Cl)c2cccs2)n1. The van der Waals surface area contributed by atoms with E-state index in [0.29, 0.717) is 11.6 Å². The predicted molar refractivity (Wildman–Crippen MR) is 108 cm³/mol. The number of halogens is 1. The lowest BCUT2D eigenvalue weighted by Crippen LogP contribution is -2.30. The lowest BCUT2D eigenvalue weighted by Gasteiger charge is -2.18. The molecule has 0 saturated heterocycles. The maximum Gasteiger partial charge on any atom is 0.244 e. The molecule has 3 rings (SSSR count). The van der Waals surface area contributed by atoms with Gasteiger partial charge in [0.25, 0.3) is 0 Å². The summed E-state index contributed by atoms with van der Waals surface area (Å²) < 4.78 is 1.97. The number of carbonyl (C=O) groups excluding carboxylic acids is 1. The van der Waals surface area contributed by atoms with Gasteiger partial charge in [0.05, 0.1) is 5.69 Å². The van der Waals surface area contributed by atoms with Crippen molar-refractivity contribution in [1.29, 1.82) is 0 Å². The van der Waals surface area contributed by atoms with E-state index in [0.717, 1.165) is 21.8 Å². The zero-order valence-corrected chi connectivity index (χ0v) is 16.2. The highest BCUT2D eigenvalue weighted by atomic mass is 35.5. The van der Waals surface area contributed by atoms with Crippen molar-refractivity contribution in [1.82, 2.24) is 15.1 Å². The van der Waals surface area contributed by atoms with Gasteiger partial charge >= 0.3 is 0 Å². The number of benzene rings is 1. The molecule has 1 aromatic carbocycles. The lowest BCUT2D eigenvalue weighted by molar-refractivity contribution is -0.116. The van der Waals surface area contributed by atoms with Crippen LogP contribution in [0.3, 0.4) is 0 Å². The van der Waals surface area contributed by atoms with Gasteiger partial charge in [0, 0.05) is 28.2 Å². The molecule has 1 amide bonds. The smallest absolute Gasteiger partial charge is 0.244 e. The molecule has 0 radical (unpaired) electrons. The highest BCUT2D eigenvalue weighted by Gasteiger charge is 2.18. The quantitative estimate of drug-likeness (QED) is 0.628. The molecule has 0 bridgehead atoms. The van der Waals surface area contributed by atoms with E-state index in [-0.39, 0.29) is 11.9 Å². The number of nitrogens with zero attached hydrogens (tertiary/aromatic N) is 2. The van der Waals surface area contributed by atoms with Gasteiger partial charge in [-0.25, -0.2) is 0 Å². The molecule has 1 atom stereocenters. The summed E-state index contributed by atoms with van der Waals surface area (Å²) >= 11 is 7.77. The number of hydrogen-bond acceptors (Lipinski definition) is 3. The molecule has 26 heavy (non-hydrogen) atoms. The fourth-order valence-electron chi connectivity index (χ4n) is 2.78. The van der Waals surface area contributed by atoms with E-state index >= 15 is 0 Å². The van der Waals surface area contributed by atoms with Crippen LogP contribution in [0, 0.1) is 13.8 Å². The molecule has 134 valence electrons. The Kier molecular flexibility index (Phi) is 5.91. The lowest BCUT2D eigenvalue weighted by atomic mass is 10.2. The van der Waals surface area contributed by atoms with Crippen LogP contribution in [0.2, 0.25) is 5.02 Å². The average molecular weight is 386 g/mol. The second-order valence-corrected chi connectivity index (χ2v) is 7.39. The van der Waals surface area contributed by atoms with Gasteiger partial charge in [-0.3, -0.25) is 9.48 Å². The van der Waals surface area contributed by atoms with Crippen LogP contribution in [0.15, 0.2) is 53.9 Å². The number of aromatic nitrogens is 2. The van der Waals surface area contributed by atoms with Gasteiger partial charge in [-0.2, -0.15) is 5.10 Å². The van der Waals surface area contributed by atoms with E-state index in [9.17, 15) is 4.79 Å². The summed E-state index contributed by atoms with van der Waals surface area (Å²) in [5.74, 6) is -0.159. The van der Waals surface area contributed by atoms with E-state index in [1.165, 1.54) is 6.08 Å². The molecule has 2 aromatic heterocycles. The van der Waals surface area contributed by atoms with E-state index < -0.39 is 0 Å². The number of nitrogens with one attached hydrogen (secondary N) is 1. The number of amides is 1. The normalized spacial score (nSPS) is 12.4. The second kappa shape index (κ2) is 8.34. The Morgan fingerprint density at radius 2 is 2.12 bits per heavy atom. The van der Waals surface area contributed by atoms with Gasteiger partial charge in [-0.05, 0) is 49.1 Å². The Morgan fingerprint density at radius 1 is 1.31 bits per heavy atom. The first-order valence-corrected chi connectivity index (χ1v) is 9.57. The molecule has 0 fully saturated rings. The third kappa shape index (κ3) is 4.42. The minimum absolute atomic E-state index is 0.0265. The standard InChI is InChI=1S/C20H20ClN3OS/c1-14-12-15(2)24(23-14)18(19-8-5-11-26-19)13-22-20(25)10-9-16-6-3-4-7-17(16)21/h3-12,18H,13H2,1-2H3,(H,22,25)/b10-9+. The van der Waals surface area contributed by atoms with Gasteiger partial charge < -0.3 is 5.32 Å². The molecule has 3 aromatic rings. The minimum atomic E-state index is -0.159. The highest BCUT2D eigenvalue weighted by Crippen LogP contribution is 2.24. The van der Waals surface area contributed by atoms with Crippen LogP contribution in [0.4, 0.5) is 0 Å². The minimum Gasteiger partial charge on any atom is -0.350 e. The molecular formula is C20H20ClN3OS. The summed E-state index contributed by atoms with van der Waals surface area (Å²) in [6, 6.07) is 13.5. The van der Waals surface area contributed by atoms with Crippen LogP contribution in [-0.4, -0.2) is 22.2 Å². The maximum absolute atomic E-state index is 12.3. The van der Waals surface area contributed by atoms with Crippen molar-refractivity contribution in [2.24, 2.45) is 0 Å². The molecule has 0 saturated carbocycles. The molecule has 0 aliphatic carbocycles. The van der Waals surface area contributed by atoms with Gasteiger partial charge in [-0.1, -0.05) is 35.9 Å². The Balaban J connectivity index is 1.71. The van der Waals surface area contributed by atoms with Crippen molar-refractivity contribution in [3.63, 3.8) is 0 Å². The zero-order chi connectivity index (χ0) is 18.5. The third-order valence-electron chi connectivity index (χ3n) is 4.00. The monoisotopic (exact) mass is 385 g/mol. The molecule has 0 aliphatic heterocycles. The average Bonchev–Trinajstić information content (AvgIpc) is 3.25. The Bertz CT molecular complexity index is 915. The number of thiophene rings is 1. The van der Waals surface area contributed by atoms with E-state index in [2.05, 4.69) is 16.5 Å². The van der Waals surface area contributed by atoms with Crippen LogP contribution < -0.4 is 5.32 Å². The van der Waals surface area contributed by atoms with Gasteiger partial charge in [0.2, 0.25) is 5.91 Å². The second-order valence-electron chi connectivity index (χ2n) is 6.00. The molecule has 6 heteroatoms. The van der Waals surface area contributed by atoms with Gasteiger partial charge in [0.15, 0.2) is 0 Å². The molecule has 0 aliphatic rings. The number of rotatable bonds is 6. The van der Waals surface area contributed by atoms with Crippen molar-refractivity contribution in [3.8, 4) is 0 Å². The van der Waals surface area contributed by atoms with Gasteiger partial charge in [0.1, 0.15) is 6.04 Å². The van der Waals surface area contributed by atoms with Crippen LogP contribution >= 0.6 is 22.9 Å². The summed E-state index contributed by atoms with van der Waals surface area (Å²) in [7, 11) is 0. The first-order valence-electron chi connectivity index (χ1n) is 8.31. The van der Waals surface area contributed by atoms with Crippen molar-refractivity contribution in [2.75, 3.05) is 6.54 Å². The van der Waals surface area contributed by atoms with Gasteiger partial charge in [-0.15, -0.1) is 11.3 Å². The molecule has 0 spiro atoms. The molecule has 1 N–H and O–H groups in total. The summed E-state index contributed by atoms with van der Waals surface area (Å²) in [5.41, 5.74) is 2.86. The van der Waals surface area contributed by atoms with E-state index in [1.807, 2.05) is 54.2 Å². The number of aryl methyl sites for hydroxylation is 2. The first-order chi connectivity index (χ1) is 12.5. The first kappa shape index (κ1) is 18.4. The molecule has 1 unspecified atom stereocenters. The molecular weight excluding hydrogens is 366 g/mol. The topological polar surface area (TPSA) is 46.9 Å². The summed E-state index contributed by atoms with van der Waals surface area (Å²) in [6.07, 6.45) is 3.23.